The average Bonchev–Trinajstić information content (AvgIpc) is 2.94. The van der Waals surface area contributed by atoms with Crippen molar-refractivity contribution >= 4 is 5.69 Å². The summed E-state index contributed by atoms with van der Waals surface area (Å²) in [6, 6.07) is 16.4. The maximum absolute atomic E-state index is 10.6. The van der Waals surface area contributed by atoms with Crippen molar-refractivity contribution in [1.29, 1.82) is 0 Å². The number of hydrogen-bond acceptors (Lipinski definition) is 2. The molecule has 20 heavy (non-hydrogen) atoms. The quantitative estimate of drug-likeness (QED) is 0.888. The van der Waals surface area contributed by atoms with Gasteiger partial charge in [-0.1, -0.05) is 36.4 Å². The zero-order valence-electron chi connectivity index (χ0n) is 11.9. The molecule has 0 heterocycles. The van der Waals surface area contributed by atoms with E-state index in [1.54, 1.807) is 0 Å². The van der Waals surface area contributed by atoms with Gasteiger partial charge in [0.1, 0.15) is 5.60 Å². The number of hydrogen-bond donors (Lipinski definition) is 2. The molecule has 0 saturated heterocycles. The first-order valence-corrected chi connectivity index (χ1v) is 7.29. The van der Waals surface area contributed by atoms with Crippen LogP contribution in [0.3, 0.4) is 0 Å². The Bertz CT molecular complexity index is 590. The summed E-state index contributed by atoms with van der Waals surface area (Å²) < 4.78 is 0. The molecule has 2 heteroatoms. The summed E-state index contributed by atoms with van der Waals surface area (Å²) in [7, 11) is 0. The molecule has 0 bridgehead atoms. The minimum Gasteiger partial charge on any atom is -0.384 e. The number of benzene rings is 2. The normalized spacial score (nSPS) is 16.5. The van der Waals surface area contributed by atoms with Crippen molar-refractivity contribution in [2.45, 2.75) is 31.8 Å². The molecule has 1 aliphatic rings. The second-order valence-electron chi connectivity index (χ2n) is 5.83. The van der Waals surface area contributed by atoms with Gasteiger partial charge in [0.25, 0.3) is 0 Å². The van der Waals surface area contributed by atoms with Gasteiger partial charge in [0.05, 0.1) is 0 Å². The third-order valence-electron chi connectivity index (χ3n) is 4.13. The fourth-order valence-electron chi connectivity index (χ4n) is 2.86. The topological polar surface area (TPSA) is 32.3 Å². The monoisotopic (exact) mass is 267 g/mol. The molecule has 1 atom stereocenters. The lowest BCUT2D eigenvalue weighted by Gasteiger charge is -2.25. The number of anilines is 1. The molecule has 0 radical (unpaired) electrons. The second-order valence-corrected chi connectivity index (χ2v) is 5.83. The van der Waals surface area contributed by atoms with Gasteiger partial charge in [-0.15, -0.1) is 0 Å². The molecule has 1 unspecified atom stereocenters. The van der Waals surface area contributed by atoms with E-state index in [0.717, 1.165) is 11.3 Å². The second kappa shape index (κ2) is 5.29. The van der Waals surface area contributed by atoms with Crippen molar-refractivity contribution in [3.8, 4) is 0 Å². The first-order chi connectivity index (χ1) is 9.65. The third-order valence-corrected chi connectivity index (χ3v) is 4.13. The smallest absolute Gasteiger partial charge is 0.104 e. The van der Waals surface area contributed by atoms with Gasteiger partial charge in [-0.2, -0.15) is 0 Å². The number of nitrogens with one attached hydrogen (secondary N) is 1. The van der Waals surface area contributed by atoms with Crippen LogP contribution in [0.1, 0.15) is 30.0 Å². The Labute approximate surface area is 120 Å². The molecular weight excluding hydrogens is 246 g/mol. The Morgan fingerprint density at radius 2 is 1.80 bits per heavy atom. The average molecular weight is 267 g/mol. The van der Waals surface area contributed by atoms with Crippen LogP contribution in [0.2, 0.25) is 0 Å². The van der Waals surface area contributed by atoms with Gasteiger partial charge in [-0.3, -0.25) is 0 Å². The number of aliphatic hydroxyl groups is 1. The Balaban J connectivity index is 1.70. The predicted octanol–water partition coefficient (Wildman–Crippen LogP) is 3.49. The lowest BCUT2D eigenvalue weighted by molar-refractivity contribution is 0.0715. The van der Waals surface area contributed by atoms with E-state index in [4.69, 9.17) is 0 Å². The minimum absolute atomic E-state index is 0.510. The number of rotatable bonds is 4. The summed E-state index contributed by atoms with van der Waals surface area (Å²) in [6.07, 6.45) is 3.65. The molecule has 2 N–H and O–H groups in total. The highest BCUT2D eigenvalue weighted by atomic mass is 16.3. The Hall–Kier alpha value is -1.80. The maximum Gasteiger partial charge on any atom is 0.104 e. The van der Waals surface area contributed by atoms with Crippen LogP contribution in [0, 0.1) is 0 Å². The van der Waals surface area contributed by atoms with Crippen LogP contribution in [-0.2, 0) is 18.4 Å². The Morgan fingerprint density at radius 3 is 2.60 bits per heavy atom. The van der Waals surface area contributed by atoms with Crippen molar-refractivity contribution in [3.63, 3.8) is 0 Å². The maximum atomic E-state index is 10.6. The van der Waals surface area contributed by atoms with Gasteiger partial charge >= 0.3 is 0 Å². The van der Waals surface area contributed by atoms with E-state index in [0.29, 0.717) is 6.54 Å². The molecule has 2 nitrogen and oxygen atoms in total. The first-order valence-electron chi connectivity index (χ1n) is 7.29. The summed E-state index contributed by atoms with van der Waals surface area (Å²) in [5, 5.41) is 13.9. The standard InChI is InChI=1S/C18H21NO/c1-18(20,16-8-3-2-4-9-16)13-19-17-11-10-14-6-5-7-15(14)12-17/h2-4,8-12,19-20H,5-7,13H2,1H3. The van der Waals surface area contributed by atoms with Gasteiger partial charge in [0, 0.05) is 12.2 Å². The predicted molar refractivity (Wildman–Crippen MR) is 83.0 cm³/mol. The van der Waals surface area contributed by atoms with Gasteiger partial charge in [0.2, 0.25) is 0 Å². The molecule has 0 saturated carbocycles. The van der Waals surface area contributed by atoms with Crippen LogP contribution in [0.5, 0.6) is 0 Å². The fourth-order valence-corrected chi connectivity index (χ4v) is 2.86. The van der Waals surface area contributed by atoms with Crippen LogP contribution >= 0.6 is 0 Å². The summed E-state index contributed by atoms with van der Waals surface area (Å²) in [5.41, 5.74) is 4.11. The summed E-state index contributed by atoms with van der Waals surface area (Å²) in [6.45, 7) is 2.36. The number of aryl methyl sites for hydroxylation is 2. The summed E-state index contributed by atoms with van der Waals surface area (Å²) in [5.74, 6) is 0. The molecule has 1 aliphatic carbocycles. The molecular formula is C18H21NO. The van der Waals surface area contributed by atoms with Gasteiger partial charge in [0.15, 0.2) is 0 Å². The van der Waals surface area contributed by atoms with Gasteiger partial charge in [-0.25, -0.2) is 0 Å². The molecule has 2 aromatic carbocycles. The van der Waals surface area contributed by atoms with Crippen molar-refractivity contribution in [2.75, 3.05) is 11.9 Å². The van der Waals surface area contributed by atoms with Crippen molar-refractivity contribution in [3.05, 3.63) is 65.2 Å². The first kappa shape index (κ1) is 13.2. The van der Waals surface area contributed by atoms with Crippen molar-refractivity contribution in [1.82, 2.24) is 0 Å². The SMILES string of the molecule is CC(O)(CNc1ccc2c(c1)CCC2)c1ccccc1. The van der Waals surface area contributed by atoms with E-state index in [1.807, 2.05) is 37.3 Å². The van der Waals surface area contributed by atoms with Crippen LogP contribution < -0.4 is 5.32 Å². The lowest BCUT2D eigenvalue weighted by Crippen LogP contribution is -2.30. The van der Waals surface area contributed by atoms with Crippen LogP contribution in [0.15, 0.2) is 48.5 Å². The van der Waals surface area contributed by atoms with Crippen LogP contribution in [-0.4, -0.2) is 11.7 Å². The van der Waals surface area contributed by atoms with Crippen LogP contribution in [0.4, 0.5) is 5.69 Å². The highest BCUT2D eigenvalue weighted by molar-refractivity contribution is 5.50. The van der Waals surface area contributed by atoms with E-state index in [2.05, 4.69) is 23.5 Å². The highest BCUT2D eigenvalue weighted by Crippen LogP contribution is 2.26. The molecule has 0 aromatic heterocycles. The van der Waals surface area contributed by atoms with E-state index in [1.165, 1.54) is 30.4 Å². The minimum atomic E-state index is -0.861. The molecule has 0 spiro atoms. The van der Waals surface area contributed by atoms with Gasteiger partial charge < -0.3 is 10.4 Å². The lowest BCUT2D eigenvalue weighted by atomic mass is 9.96. The van der Waals surface area contributed by atoms with Gasteiger partial charge in [-0.05, 0) is 55.0 Å². The Morgan fingerprint density at radius 1 is 1.05 bits per heavy atom. The third kappa shape index (κ3) is 2.70. The van der Waals surface area contributed by atoms with E-state index in [9.17, 15) is 5.11 Å². The Kier molecular flexibility index (Phi) is 3.49. The van der Waals surface area contributed by atoms with Crippen LogP contribution in [0.25, 0.3) is 0 Å². The summed E-state index contributed by atoms with van der Waals surface area (Å²) >= 11 is 0. The molecule has 0 amide bonds. The zero-order valence-corrected chi connectivity index (χ0v) is 11.9. The molecule has 104 valence electrons. The summed E-state index contributed by atoms with van der Waals surface area (Å²) in [4.78, 5) is 0. The zero-order chi connectivity index (χ0) is 14.0. The van der Waals surface area contributed by atoms with Crippen molar-refractivity contribution < 1.29 is 5.11 Å². The molecule has 0 fully saturated rings. The highest BCUT2D eigenvalue weighted by Gasteiger charge is 2.22. The van der Waals surface area contributed by atoms with E-state index in [-0.39, 0.29) is 0 Å². The molecule has 0 aliphatic heterocycles. The number of fused-ring (bicyclic) bond motifs is 1. The molecule has 2 aromatic rings. The van der Waals surface area contributed by atoms with E-state index >= 15 is 0 Å². The van der Waals surface area contributed by atoms with E-state index < -0.39 is 5.60 Å². The molecule has 3 rings (SSSR count). The largest absolute Gasteiger partial charge is 0.384 e. The fraction of sp³-hybridized carbons (Fsp3) is 0.333. The van der Waals surface area contributed by atoms with Crippen molar-refractivity contribution in [2.24, 2.45) is 0 Å².